The number of Topliss-reactive ketones (excluding diaryl/α,β-unsaturated/α-hetero) is 1. The highest BCUT2D eigenvalue weighted by Crippen LogP contribution is 2.30. The van der Waals surface area contributed by atoms with E-state index in [9.17, 15) is 19.7 Å². The minimum absolute atomic E-state index is 0.152. The van der Waals surface area contributed by atoms with Gasteiger partial charge in [0.1, 0.15) is 11.9 Å². The van der Waals surface area contributed by atoms with E-state index in [0.717, 1.165) is 5.56 Å². The van der Waals surface area contributed by atoms with E-state index in [1.165, 1.54) is 13.8 Å². The third-order valence-corrected chi connectivity index (χ3v) is 3.21. The van der Waals surface area contributed by atoms with Crippen LogP contribution in [0.15, 0.2) is 18.2 Å². The van der Waals surface area contributed by atoms with Crippen molar-refractivity contribution in [2.45, 2.75) is 32.3 Å². The summed E-state index contributed by atoms with van der Waals surface area (Å²) in [5.74, 6) is -1.04. The lowest BCUT2D eigenvalue weighted by atomic mass is 9.72. The van der Waals surface area contributed by atoms with Crippen molar-refractivity contribution >= 4 is 18.8 Å². The van der Waals surface area contributed by atoms with Crippen LogP contribution in [0.3, 0.4) is 0 Å². The van der Waals surface area contributed by atoms with E-state index in [4.69, 9.17) is 4.65 Å². The minimum atomic E-state index is -1.26. The molecule has 1 aromatic carbocycles. The number of para-hydroxylation sites is 1. The normalized spacial score (nSPS) is 18.8. The van der Waals surface area contributed by atoms with E-state index in [-0.39, 0.29) is 5.78 Å². The van der Waals surface area contributed by atoms with Crippen LogP contribution in [0.5, 0.6) is 5.75 Å². The summed E-state index contributed by atoms with van der Waals surface area (Å²) >= 11 is 0. The molecule has 106 valence electrons. The van der Waals surface area contributed by atoms with Crippen molar-refractivity contribution in [2.24, 2.45) is 0 Å². The molecule has 2 unspecified atom stereocenters. The molecule has 1 aliphatic heterocycles. The molecule has 0 radical (unpaired) electrons. The number of amides is 1. The van der Waals surface area contributed by atoms with Crippen molar-refractivity contribution in [3.63, 3.8) is 0 Å². The molecule has 1 heterocycles. The number of carbonyl (C=O) groups is 2. The maximum atomic E-state index is 11.5. The van der Waals surface area contributed by atoms with Gasteiger partial charge < -0.3 is 20.1 Å². The van der Waals surface area contributed by atoms with Gasteiger partial charge in [0.2, 0.25) is 5.91 Å². The summed E-state index contributed by atoms with van der Waals surface area (Å²) < 4.78 is 5.36. The van der Waals surface area contributed by atoms with Crippen LogP contribution in [0.25, 0.3) is 0 Å². The van der Waals surface area contributed by atoms with Gasteiger partial charge in [0.05, 0.1) is 11.5 Å². The third-order valence-electron chi connectivity index (χ3n) is 3.21. The van der Waals surface area contributed by atoms with Crippen LogP contribution in [0.1, 0.15) is 29.8 Å². The molecule has 7 heteroatoms. The zero-order valence-corrected chi connectivity index (χ0v) is 11.3. The van der Waals surface area contributed by atoms with Gasteiger partial charge in [-0.25, -0.2) is 0 Å². The predicted octanol–water partition coefficient (Wildman–Crippen LogP) is -0.291. The fraction of sp³-hybridized carbons (Fsp3) is 0.385. The highest BCUT2D eigenvalue weighted by molar-refractivity contribution is 6.47. The Balaban J connectivity index is 2.24. The Morgan fingerprint density at radius 1 is 1.50 bits per heavy atom. The number of nitrogens with one attached hydrogen (secondary N) is 1. The number of carbonyl (C=O) groups excluding carboxylic acids is 2. The van der Waals surface area contributed by atoms with E-state index in [1.54, 1.807) is 18.2 Å². The van der Waals surface area contributed by atoms with Gasteiger partial charge in [0, 0.05) is 0 Å². The molecule has 20 heavy (non-hydrogen) atoms. The lowest BCUT2D eigenvalue weighted by Gasteiger charge is -2.29. The van der Waals surface area contributed by atoms with Gasteiger partial charge in [-0.2, -0.15) is 0 Å². The molecule has 0 saturated carbocycles. The van der Waals surface area contributed by atoms with Gasteiger partial charge in [-0.05, 0) is 31.9 Å². The number of rotatable bonds is 3. The van der Waals surface area contributed by atoms with Crippen LogP contribution in [0.4, 0.5) is 0 Å². The highest BCUT2D eigenvalue weighted by Gasteiger charge is 2.37. The van der Waals surface area contributed by atoms with Crippen LogP contribution >= 0.6 is 0 Å². The predicted molar refractivity (Wildman–Crippen MR) is 72.4 cm³/mol. The molecule has 2 atom stereocenters. The van der Waals surface area contributed by atoms with Crippen LogP contribution in [0, 0.1) is 0 Å². The average molecular weight is 277 g/mol. The Morgan fingerprint density at radius 3 is 2.80 bits per heavy atom. The highest BCUT2D eigenvalue weighted by atomic mass is 16.5. The summed E-state index contributed by atoms with van der Waals surface area (Å²) in [6, 6.07) is 5.13. The van der Waals surface area contributed by atoms with Crippen molar-refractivity contribution < 1.29 is 24.4 Å². The molecule has 0 spiro atoms. The maximum absolute atomic E-state index is 11.5. The first kappa shape index (κ1) is 14.6. The molecule has 0 saturated heterocycles. The number of ketones is 1. The Labute approximate surface area is 116 Å². The lowest BCUT2D eigenvalue weighted by molar-refractivity contribution is -0.128. The van der Waals surface area contributed by atoms with Crippen molar-refractivity contribution in [2.75, 3.05) is 0 Å². The Morgan fingerprint density at radius 2 is 2.20 bits per heavy atom. The number of aliphatic hydroxyl groups excluding tert-OH is 1. The van der Waals surface area contributed by atoms with Gasteiger partial charge in [0.25, 0.3) is 0 Å². The van der Waals surface area contributed by atoms with Gasteiger partial charge >= 0.3 is 7.12 Å². The number of benzene rings is 1. The Hall–Kier alpha value is -1.86. The summed E-state index contributed by atoms with van der Waals surface area (Å²) in [7, 11) is -1.26. The second-order valence-corrected chi connectivity index (χ2v) is 4.85. The molecule has 2 rings (SSSR count). The topological polar surface area (TPSA) is 95.9 Å². The maximum Gasteiger partial charge on any atom is 0.547 e. The fourth-order valence-electron chi connectivity index (χ4n) is 2.13. The second kappa shape index (κ2) is 5.64. The zero-order valence-electron chi connectivity index (χ0n) is 11.3. The molecule has 1 amide bonds. The van der Waals surface area contributed by atoms with Crippen LogP contribution in [-0.4, -0.2) is 41.0 Å². The van der Waals surface area contributed by atoms with Crippen LogP contribution in [0.2, 0.25) is 0 Å². The molecule has 0 aromatic heterocycles. The van der Waals surface area contributed by atoms with Crippen LogP contribution in [-0.2, 0) is 11.2 Å². The standard InChI is InChI=1S/C13H16BNO5/c1-7(16)10-5-3-4-9-6-11(14(19)20-12(9)10)15-13(18)8(2)17/h3-5,8,11,17,19H,6H2,1-2H3,(H,15,18). The quantitative estimate of drug-likeness (QED) is 0.521. The second-order valence-electron chi connectivity index (χ2n) is 4.85. The summed E-state index contributed by atoms with van der Waals surface area (Å²) in [5.41, 5.74) is 1.14. The lowest BCUT2D eigenvalue weighted by Crippen LogP contribution is -2.54. The number of aliphatic hydroxyl groups is 1. The van der Waals surface area contributed by atoms with Crippen molar-refractivity contribution in [3.8, 4) is 5.75 Å². The summed E-state index contributed by atoms with van der Waals surface area (Å²) in [6.45, 7) is 2.76. The number of fused-ring (bicyclic) bond motifs is 1. The average Bonchev–Trinajstić information content (AvgIpc) is 2.38. The van der Waals surface area contributed by atoms with Crippen molar-refractivity contribution in [3.05, 3.63) is 29.3 Å². The first-order valence-corrected chi connectivity index (χ1v) is 6.36. The molecule has 3 N–H and O–H groups in total. The van der Waals surface area contributed by atoms with Gasteiger partial charge in [-0.15, -0.1) is 0 Å². The van der Waals surface area contributed by atoms with Gasteiger partial charge in [-0.1, -0.05) is 12.1 Å². The van der Waals surface area contributed by atoms with E-state index >= 15 is 0 Å². The summed E-state index contributed by atoms with van der Waals surface area (Å²) in [6.07, 6.45) is -0.831. The minimum Gasteiger partial charge on any atom is -0.534 e. The number of hydrogen-bond donors (Lipinski definition) is 3. The Kier molecular flexibility index (Phi) is 4.10. The van der Waals surface area contributed by atoms with E-state index in [0.29, 0.717) is 17.7 Å². The van der Waals surface area contributed by atoms with Crippen LogP contribution < -0.4 is 9.97 Å². The summed E-state index contributed by atoms with van der Waals surface area (Å²) in [4.78, 5) is 23.0. The molecular weight excluding hydrogens is 261 g/mol. The molecule has 0 bridgehead atoms. The van der Waals surface area contributed by atoms with Crippen molar-refractivity contribution in [1.82, 2.24) is 5.32 Å². The first-order chi connectivity index (χ1) is 9.40. The van der Waals surface area contributed by atoms with Gasteiger partial charge in [-0.3, -0.25) is 9.59 Å². The zero-order chi connectivity index (χ0) is 14.9. The molecule has 0 aliphatic carbocycles. The number of hydrogen-bond acceptors (Lipinski definition) is 5. The monoisotopic (exact) mass is 277 g/mol. The molecule has 6 nitrogen and oxygen atoms in total. The SMILES string of the molecule is CC(=O)c1cccc2c1OB(O)C(NC(=O)C(C)O)C2. The molecule has 1 aliphatic rings. The molecule has 0 fully saturated rings. The Bertz CT molecular complexity index is 546. The van der Waals surface area contributed by atoms with Crippen molar-refractivity contribution in [1.29, 1.82) is 0 Å². The van der Waals surface area contributed by atoms with E-state index in [1.807, 2.05) is 0 Å². The van der Waals surface area contributed by atoms with E-state index < -0.39 is 25.1 Å². The largest absolute Gasteiger partial charge is 0.547 e. The molecular formula is C13H16BNO5. The smallest absolute Gasteiger partial charge is 0.534 e. The fourth-order valence-corrected chi connectivity index (χ4v) is 2.13. The van der Waals surface area contributed by atoms with Gasteiger partial charge in [0.15, 0.2) is 5.78 Å². The summed E-state index contributed by atoms with van der Waals surface area (Å²) in [5, 5.41) is 21.6. The first-order valence-electron chi connectivity index (χ1n) is 6.36. The molecule has 1 aromatic rings. The third kappa shape index (κ3) is 2.83. The van der Waals surface area contributed by atoms with E-state index in [2.05, 4.69) is 5.32 Å².